The van der Waals surface area contributed by atoms with Gasteiger partial charge in [0.25, 0.3) is 11.8 Å². The average Bonchev–Trinajstić information content (AvgIpc) is 4.13. The fourth-order valence-electron chi connectivity index (χ4n) is 11.0. The minimum absolute atomic E-state index is 0.216. The van der Waals surface area contributed by atoms with E-state index in [1.165, 1.54) is 74.0 Å². The van der Waals surface area contributed by atoms with E-state index in [0.29, 0.717) is 53.0 Å². The molecule has 2 atom stereocenters. The maximum atomic E-state index is 13.0. The minimum atomic E-state index is -1.02. The van der Waals surface area contributed by atoms with Crippen molar-refractivity contribution in [2.75, 3.05) is 10.6 Å². The van der Waals surface area contributed by atoms with E-state index in [9.17, 15) is 29.4 Å². The molecule has 4 aliphatic rings. The Morgan fingerprint density at radius 3 is 1.39 bits per heavy atom. The van der Waals surface area contributed by atoms with Crippen LogP contribution >= 0.6 is 22.7 Å². The van der Waals surface area contributed by atoms with Crippen molar-refractivity contribution in [2.24, 2.45) is 35.5 Å². The first-order valence-corrected chi connectivity index (χ1v) is 24.2. The largest absolute Gasteiger partial charge is 0.481 e. The fraction of sp³-hybridized carbons (Fsp3) is 0.574. The summed E-state index contributed by atoms with van der Waals surface area (Å²) >= 11 is 2.88. The Labute approximate surface area is 365 Å². The summed E-state index contributed by atoms with van der Waals surface area (Å²) in [7, 11) is 0. The second-order valence-corrected chi connectivity index (χ2v) is 20.3. The van der Waals surface area contributed by atoms with Gasteiger partial charge >= 0.3 is 11.9 Å². The standard InChI is InChI=1S/C47H58N6O6S2/c54-42(48-46-52-50-38(60-46)26-9-28-5-1-2-6-28)36-22-14-32(15-23-36)30-10-18-34(19-11-30)40(44(56)57)41(45(58)59)35-20-12-31(13-21-35)33-16-24-37(25-17-33)43(55)49-47-53-51-39(61-47)27-29-7-3-4-8-29/h14-17,22-25,28-31,34-35,40-41H,1-13,18-21,26-27H2,(H,56,57)(H,58,59)(H,48,52,54)(H,49,53,55). The molecule has 0 radical (unpaired) electrons. The van der Waals surface area contributed by atoms with Gasteiger partial charge in [-0.25, -0.2) is 0 Å². The van der Waals surface area contributed by atoms with E-state index >= 15 is 0 Å². The number of carbonyl (C=O) groups is 4. The van der Waals surface area contributed by atoms with E-state index in [1.807, 2.05) is 48.5 Å². The zero-order valence-electron chi connectivity index (χ0n) is 34.8. The normalized spacial score (nSPS) is 23.3. The number of aryl methyl sites for hydroxylation is 1. The van der Waals surface area contributed by atoms with Gasteiger partial charge in [-0.3, -0.25) is 29.8 Å². The van der Waals surface area contributed by atoms with E-state index < -0.39 is 23.8 Å². The summed E-state index contributed by atoms with van der Waals surface area (Å²) in [6.45, 7) is 0. The Morgan fingerprint density at radius 1 is 0.541 bits per heavy atom. The molecule has 324 valence electrons. The van der Waals surface area contributed by atoms with Crippen LogP contribution in [0.5, 0.6) is 0 Å². The van der Waals surface area contributed by atoms with Crippen LogP contribution < -0.4 is 10.6 Å². The number of nitrogens with zero attached hydrogens (tertiary/aromatic N) is 4. The molecule has 2 unspecified atom stereocenters. The zero-order valence-corrected chi connectivity index (χ0v) is 36.4. The Balaban J connectivity index is 0.803. The van der Waals surface area contributed by atoms with Crippen molar-refractivity contribution >= 4 is 56.7 Å². The van der Waals surface area contributed by atoms with Gasteiger partial charge < -0.3 is 10.2 Å². The van der Waals surface area contributed by atoms with Gasteiger partial charge in [0.05, 0.1) is 11.8 Å². The molecule has 4 aromatic rings. The molecule has 4 saturated carbocycles. The SMILES string of the molecule is O=C(Nc1nnc(CCC2CCCC2)s1)c1ccc(C2CCC(C(C(=O)O)C(C(=O)O)C3CCC(c4ccc(C(=O)Nc5nnc(CC6CCCC6)s5)cc4)CC3)CC2)cc1. The number of benzene rings is 2. The van der Waals surface area contributed by atoms with Gasteiger partial charge in [-0.2, -0.15) is 0 Å². The first-order valence-electron chi connectivity index (χ1n) is 22.6. The molecule has 0 bridgehead atoms. The van der Waals surface area contributed by atoms with Gasteiger partial charge in [-0.1, -0.05) is 98.3 Å². The molecule has 4 aliphatic carbocycles. The lowest BCUT2D eigenvalue weighted by Gasteiger charge is -2.39. The number of rotatable bonds is 16. The van der Waals surface area contributed by atoms with Crippen LogP contribution in [0, 0.1) is 35.5 Å². The lowest BCUT2D eigenvalue weighted by molar-refractivity contribution is -0.160. The highest BCUT2D eigenvalue weighted by Gasteiger charge is 2.46. The zero-order chi connectivity index (χ0) is 42.3. The minimum Gasteiger partial charge on any atom is -0.481 e. The summed E-state index contributed by atoms with van der Waals surface area (Å²) < 4.78 is 0. The first kappa shape index (κ1) is 43.1. The van der Waals surface area contributed by atoms with Crippen LogP contribution in [0.25, 0.3) is 0 Å². The van der Waals surface area contributed by atoms with Gasteiger partial charge in [-0.15, -0.1) is 20.4 Å². The molecule has 4 fully saturated rings. The third-order valence-corrected chi connectivity index (χ3v) is 16.1. The van der Waals surface area contributed by atoms with Crippen molar-refractivity contribution in [3.8, 4) is 0 Å². The average molecular weight is 867 g/mol. The monoisotopic (exact) mass is 866 g/mol. The molecule has 0 aliphatic heterocycles. The number of nitrogens with one attached hydrogen (secondary N) is 2. The van der Waals surface area contributed by atoms with Crippen molar-refractivity contribution in [3.63, 3.8) is 0 Å². The molecule has 2 aromatic heterocycles. The molecule has 2 amide bonds. The van der Waals surface area contributed by atoms with Crippen molar-refractivity contribution in [3.05, 3.63) is 80.8 Å². The maximum Gasteiger partial charge on any atom is 0.307 e. The first-order chi connectivity index (χ1) is 29.7. The predicted molar refractivity (Wildman–Crippen MR) is 236 cm³/mol. The van der Waals surface area contributed by atoms with Crippen LogP contribution in [0.2, 0.25) is 0 Å². The molecule has 61 heavy (non-hydrogen) atoms. The van der Waals surface area contributed by atoms with Crippen LogP contribution in [0.15, 0.2) is 48.5 Å². The summed E-state index contributed by atoms with van der Waals surface area (Å²) in [6.07, 6.45) is 18.8. The Hall–Kier alpha value is -4.56. The lowest BCUT2D eigenvalue weighted by atomic mass is 9.64. The molecule has 8 rings (SSSR count). The van der Waals surface area contributed by atoms with Crippen LogP contribution in [-0.4, -0.2) is 54.4 Å². The highest BCUT2D eigenvalue weighted by atomic mass is 32.1. The summed E-state index contributed by atoms with van der Waals surface area (Å²) in [6, 6.07) is 15.2. The summed E-state index contributed by atoms with van der Waals surface area (Å²) in [5.74, 6) is -2.93. The second kappa shape index (κ2) is 20.1. The smallest absolute Gasteiger partial charge is 0.307 e. The topological polar surface area (TPSA) is 184 Å². The second-order valence-electron chi connectivity index (χ2n) is 18.1. The van der Waals surface area contributed by atoms with Crippen molar-refractivity contribution in [2.45, 2.75) is 134 Å². The van der Waals surface area contributed by atoms with Crippen molar-refractivity contribution < 1.29 is 29.4 Å². The number of aliphatic carboxylic acids is 2. The van der Waals surface area contributed by atoms with E-state index in [0.717, 1.165) is 72.0 Å². The third kappa shape index (κ3) is 10.9. The molecule has 2 heterocycles. The number of anilines is 2. The van der Waals surface area contributed by atoms with Crippen LogP contribution in [0.1, 0.15) is 163 Å². The summed E-state index contributed by atoms with van der Waals surface area (Å²) in [5, 5.41) is 46.7. The summed E-state index contributed by atoms with van der Waals surface area (Å²) in [4.78, 5) is 51.8. The fourth-order valence-corrected chi connectivity index (χ4v) is 12.6. The number of hydrogen-bond acceptors (Lipinski definition) is 10. The number of carboxylic acids is 2. The van der Waals surface area contributed by atoms with Gasteiger partial charge in [0.1, 0.15) is 10.0 Å². The van der Waals surface area contributed by atoms with Gasteiger partial charge in [-0.05, 0) is 129 Å². The maximum absolute atomic E-state index is 13.0. The molecular formula is C47H58N6O6S2. The molecule has 2 aromatic carbocycles. The van der Waals surface area contributed by atoms with Crippen LogP contribution in [-0.2, 0) is 22.4 Å². The molecule has 14 heteroatoms. The lowest BCUT2D eigenvalue weighted by Crippen LogP contribution is -2.42. The van der Waals surface area contributed by atoms with E-state index in [2.05, 4.69) is 31.0 Å². The van der Waals surface area contributed by atoms with E-state index in [1.54, 1.807) is 0 Å². The summed E-state index contributed by atoms with van der Waals surface area (Å²) in [5.41, 5.74) is 3.29. The Morgan fingerprint density at radius 2 is 0.951 bits per heavy atom. The molecular weight excluding hydrogens is 809 g/mol. The van der Waals surface area contributed by atoms with Crippen LogP contribution in [0.3, 0.4) is 0 Å². The van der Waals surface area contributed by atoms with Crippen LogP contribution in [0.4, 0.5) is 10.3 Å². The number of aromatic nitrogens is 4. The Bertz CT molecular complexity index is 2110. The van der Waals surface area contributed by atoms with Crippen molar-refractivity contribution in [1.82, 2.24) is 20.4 Å². The van der Waals surface area contributed by atoms with E-state index in [4.69, 9.17) is 0 Å². The molecule has 12 nitrogen and oxygen atoms in total. The number of hydrogen-bond donors (Lipinski definition) is 4. The molecule has 0 saturated heterocycles. The highest BCUT2D eigenvalue weighted by Crippen LogP contribution is 2.47. The number of carbonyl (C=O) groups excluding carboxylic acids is 2. The van der Waals surface area contributed by atoms with Gasteiger partial charge in [0.2, 0.25) is 10.3 Å². The van der Waals surface area contributed by atoms with Crippen molar-refractivity contribution in [1.29, 1.82) is 0 Å². The third-order valence-electron chi connectivity index (χ3n) is 14.4. The predicted octanol–water partition coefficient (Wildman–Crippen LogP) is 10.4. The molecule has 4 N–H and O–H groups in total. The number of carboxylic acid groups (broad SMARTS) is 2. The molecule has 0 spiro atoms. The highest BCUT2D eigenvalue weighted by molar-refractivity contribution is 7.15. The number of amides is 2. The quantitative estimate of drug-likeness (QED) is 0.0845. The van der Waals surface area contributed by atoms with Gasteiger partial charge in [0, 0.05) is 24.0 Å². The van der Waals surface area contributed by atoms with Gasteiger partial charge in [0.15, 0.2) is 0 Å². The Kier molecular flexibility index (Phi) is 14.2. The van der Waals surface area contributed by atoms with E-state index in [-0.39, 0.29) is 35.5 Å².